The molecule has 5 nitrogen and oxygen atoms in total. The zero-order valence-corrected chi connectivity index (χ0v) is 9.98. The van der Waals surface area contributed by atoms with Crippen molar-refractivity contribution in [1.29, 1.82) is 0 Å². The van der Waals surface area contributed by atoms with Crippen LogP contribution in [-0.2, 0) is 13.6 Å². The predicted molar refractivity (Wildman–Crippen MR) is 63.8 cm³/mol. The summed E-state index contributed by atoms with van der Waals surface area (Å²) in [6.45, 7) is 0.292. The number of hydrogen-bond acceptors (Lipinski definition) is 4. The van der Waals surface area contributed by atoms with Crippen molar-refractivity contribution in [2.24, 2.45) is 12.8 Å². The standard InChI is InChI=1S/C11H11ClN4O/c1-16-10(9(12)6-15-16)11(17)7-2-3-14-8(4-7)5-13/h2-4,6H,5,13H2,1H3. The molecule has 6 heteroatoms. The number of nitrogens with zero attached hydrogens (tertiary/aromatic N) is 3. The van der Waals surface area contributed by atoms with Crippen LogP contribution in [0.25, 0.3) is 0 Å². The van der Waals surface area contributed by atoms with Crippen molar-refractivity contribution in [3.63, 3.8) is 0 Å². The first-order valence-electron chi connectivity index (χ1n) is 5.00. The molecule has 88 valence electrons. The highest BCUT2D eigenvalue weighted by atomic mass is 35.5. The first kappa shape index (κ1) is 11.8. The Balaban J connectivity index is 2.44. The maximum atomic E-state index is 12.2. The highest BCUT2D eigenvalue weighted by molar-refractivity contribution is 6.34. The molecular weight excluding hydrogens is 240 g/mol. The first-order valence-corrected chi connectivity index (χ1v) is 5.38. The van der Waals surface area contributed by atoms with Crippen molar-refractivity contribution < 1.29 is 4.79 Å². The van der Waals surface area contributed by atoms with Gasteiger partial charge in [0.15, 0.2) is 0 Å². The highest BCUT2D eigenvalue weighted by Crippen LogP contribution is 2.18. The van der Waals surface area contributed by atoms with Gasteiger partial charge < -0.3 is 5.73 Å². The van der Waals surface area contributed by atoms with Crippen LogP contribution in [0.4, 0.5) is 0 Å². The van der Waals surface area contributed by atoms with Gasteiger partial charge in [-0.2, -0.15) is 5.10 Å². The van der Waals surface area contributed by atoms with Gasteiger partial charge in [-0.1, -0.05) is 11.6 Å². The van der Waals surface area contributed by atoms with Gasteiger partial charge in [-0.25, -0.2) is 0 Å². The lowest BCUT2D eigenvalue weighted by atomic mass is 10.1. The lowest BCUT2D eigenvalue weighted by Gasteiger charge is -2.03. The maximum Gasteiger partial charge on any atom is 0.212 e. The Hall–Kier alpha value is -1.72. The van der Waals surface area contributed by atoms with Gasteiger partial charge in [0, 0.05) is 25.4 Å². The number of nitrogens with two attached hydrogens (primary N) is 1. The van der Waals surface area contributed by atoms with Crippen molar-refractivity contribution in [1.82, 2.24) is 14.8 Å². The third kappa shape index (κ3) is 2.20. The smallest absolute Gasteiger partial charge is 0.212 e. The molecule has 0 amide bonds. The summed E-state index contributed by atoms with van der Waals surface area (Å²) in [7, 11) is 1.67. The minimum Gasteiger partial charge on any atom is -0.325 e. The molecule has 0 fully saturated rings. The number of rotatable bonds is 3. The molecule has 2 heterocycles. The van der Waals surface area contributed by atoms with Crippen LogP contribution >= 0.6 is 11.6 Å². The van der Waals surface area contributed by atoms with E-state index in [1.165, 1.54) is 10.9 Å². The molecule has 2 rings (SSSR count). The molecule has 0 aromatic carbocycles. The van der Waals surface area contributed by atoms with Gasteiger partial charge in [0.1, 0.15) is 5.69 Å². The summed E-state index contributed by atoms with van der Waals surface area (Å²) >= 11 is 5.92. The minimum absolute atomic E-state index is 0.188. The van der Waals surface area contributed by atoms with E-state index in [9.17, 15) is 4.79 Å². The lowest BCUT2D eigenvalue weighted by molar-refractivity contribution is 0.103. The van der Waals surface area contributed by atoms with E-state index in [0.717, 1.165) is 0 Å². The summed E-state index contributed by atoms with van der Waals surface area (Å²) in [5.41, 5.74) is 7.01. The third-order valence-electron chi connectivity index (χ3n) is 2.40. The summed E-state index contributed by atoms with van der Waals surface area (Å²) in [4.78, 5) is 16.2. The Bertz CT molecular complexity index is 545. The average Bonchev–Trinajstić information content (AvgIpc) is 2.68. The second kappa shape index (κ2) is 4.65. The second-order valence-corrected chi connectivity index (χ2v) is 3.94. The molecule has 0 aliphatic carbocycles. The van der Waals surface area contributed by atoms with Crippen LogP contribution in [-0.4, -0.2) is 20.5 Å². The van der Waals surface area contributed by atoms with Crippen molar-refractivity contribution in [3.05, 3.63) is 46.5 Å². The summed E-state index contributed by atoms with van der Waals surface area (Å²) in [5, 5.41) is 4.27. The zero-order chi connectivity index (χ0) is 12.4. The van der Waals surface area contributed by atoms with Gasteiger partial charge in [-0.15, -0.1) is 0 Å². The third-order valence-corrected chi connectivity index (χ3v) is 2.67. The molecule has 0 saturated carbocycles. The topological polar surface area (TPSA) is 73.8 Å². The number of ketones is 1. The summed E-state index contributed by atoms with van der Waals surface area (Å²) in [6, 6.07) is 3.29. The van der Waals surface area contributed by atoms with E-state index in [0.29, 0.717) is 28.5 Å². The second-order valence-electron chi connectivity index (χ2n) is 3.53. The quantitative estimate of drug-likeness (QED) is 0.830. The fourth-order valence-corrected chi connectivity index (χ4v) is 1.79. The fraction of sp³-hybridized carbons (Fsp3) is 0.182. The van der Waals surface area contributed by atoms with Crippen LogP contribution in [0.15, 0.2) is 24.5 Å². The minimum atomic E-state index is -0.188. The SMILES string of the molecule is Cn1ncc(Cl)c1C(=O)c1ccnc(CN)c1. The molecule has 0 aliphatic heterocycles. The van der Waals surface area contributed by atoms with Crippen LogP contribution < -0.4 is 5.73 Å². The van der Waals surface area contributed by atoms with Gasteiger partial charge in [0.25, 0.3) is 0 Å². The van der Waals surface area contributed by atoms with E-state index in [2.05, 4.69) is 10.1 Å². The summed E-state index contributed by atoms with van der Waals surface area (Å²) < 4.78 is 1.45. The van der Waals surface area contributed by atoms with Crippen molar-refractivity contribution in [3.8, 4) is 0 Å². The van der Waals surface area contributed by atoms with Crippen LogP contribution in [0, 0.1) is 0 Å². The summed E-state index contributed by atoms with van der Waals surface area (Å²) in [5.74, 6) is -0.188. The molecule has 0 aliphatic rings. The van der Waals surface area contributed by atoms with Crippen LogP contribution in [0.1, 0.15) is 21.7 Å². The number of hydrogen-bond donors (Lipinski definition) is 1. The molecule has 0 spiro atoms. The van der Waals surface area contributed by atoms with Gasteiger partial charge in [-0.05, 0) is 12.1 Å². The number of carbonyl (C=O) groups excluding carboxylic acids is 1. The van der Waals surface area contributed by atoms with E-state index < -0.39 is 0 Å². The van der Waals surface area contributed by atoms with E-state index in [1.54, 1.807) is 25.4 Å². The molecule has 2 aromatic rings. The van der Waals surface area contributed by atoms with Gasteiger partial charge in [-0.3, -0.25) is 14.5 Å². The maximum absolute atomic E-state index is 12.2. The number of halogens is 1. The Morgan fingerprint density at radius 2 is 2.35 bits per heavy atom. The molecule has 0 unspecified atom stereocenters. The van der Waals surface area contributed by atoms with E-state index in [1.807, 2.05) is 0 Å². The molecule has 0 atom stereocenters. The molecule has 2 N–H and O–H groups in total. The predicted octanol–water partition coefficient (Wildman–Crippen LogP) is 1.16. The largest absolute Gasteiger partial charge is 0.325 e. The molecule has 0 radical (unpaired) electrons. The summed E-state index contributed by atoms with van der Waals surface area (Å²) in [6.07, 6.45) is 3.00. The Kier molecular flexibility index (Phi) is 3.21. The Morgan fingerprint density at radius 1 is 1.59 bits per heavy atom. The van der Waals surface area contributed by atoms with Crippen molar-refractivity contribution >= 4 is 17.4 Å². The Labute approximate surface area is 103 Å². The van der Waals surface area contributed by atoms with E-state index >= 15 is 0 Å². The zero-order valence-electron chi connectivity index (χ0n) is 9.22. The molecule has 0 saturated heterocycles. The number of carbonyl (C=O) groups is 1. The lowest BCUT2D eigenvalue weighted by Crippen LogP contribution is -2.10. The molecule has 2 aromatic heterocycles. The van der Waals surface area contributed by atoms with Gasteiger partial charge in [0.05, 0.1) is 16.9 Å². The highest BCUT2D eigenvalue weighted by Gasteiger charge is 2.17. The Morgan fingerprint density at radius 3 is 2.94 bits per heavy atom. The van der Waals surface area contributed by atoms with Crippen molar-refractivity contribution in [2.75, 3.05) is 0 Å². The van der Waals surface area contributed by atoms with Crippen LogP contribution in [0.5, 0.6) is 0 Å². The van der Waals surface area contributed by atoms with E-state index in [4.69, 9.17) is 17.3 Å². The number of aryl methyl sites for hydroxylation is 1. The molecular formula is C11H11ClN4O. The van der Waals surface area contributed by atoms with Gasteiger partial charge >= 0.3 is 0 Å². The molecule has 17 heavy (non-hydrogen) atoms. The monoisotopic (exact) mass is 250 g/mol. The van der Waals surface area contributed by atoms with Gasteiger partial charge in [0.2, 0.25) is 5.78 Å². The average molecular weight is 251 g/mol. The first-order chi connectivity index (χ1) is 8.13. The number of aromatic nitrogens is 3. The fourth-order valence-electron chi connectivity index (χ4n) is 1.53. The normalized spacial score (nSPS) is 10.5. The number of pyridine rings is 1. The van der Waals surface area contributed by atoms with Crippen LogP contribution in [0.2, 0.25) is 5.02 Å². The van der Waals surface area contributed by atoms with Crippen molar-refractivity contribution in [2.45, 2.75) is 6.54 Å². The van der Waals surface area contributed by atoms with Crippen LogP contribution in [0.3, 0.4) is 0 Å². The molecule has 0 bridgehead atoms. The van der Waals surface area contributed by atoms with E-state index in [-0.39, 0.29) is 5.78 Å².